The quantitative estimate of drug-likeness (QED) is 0.864. The molecule has 1 unspecified atom stereocenters. The smallest absolute Gasteiger partial charge is 0.236 e. The van der Waals surface area contributed by atoms with E-state index in [1.165, 1.54) is 17.8 Å². The van der Waals surface area contributed by atoms with Crippen LogP contribution in [0.25, 0.3) is 11.4 Å². The predicted molar refractivity (Wildman–Crippen MR) is 84.5 cm³/mol. The number of rotatable bonds is 4. The van der Waals surface area contributed by atoms with Gasteiger partial charge in [0.05, 0.1) is 24.0 Å². The molecule has 0 radical (unpaired) electrons. The molecule has 3 rings (SSSR count). The van der Waals surface area contributed by atoms with Crippen molar-refractivity contribution in [2.24, 2.45) is 0 Å². The summed E-state index contributed by atoms with van der Waals surface area (Å²) >= 11 is 1.26. The van der Waals surface area contributed by atoms with Crippen LogP contribution in [-0.2, 0) is 9.53 Å². The zero-order valence-corrected chi connectivity index (χ0v) is 13.5. The molecule has 1 N–H and O–H groups in total. The summed E-state index contributed by atoms with van der Waals surface area (Å²) in [6.45, 7) is 4.18. The number of hydrogen-bond donors (Lipinski definition) is 1. The second kappa shape index (κ2) is 7.10. The van der Waals surface area contributed by atoms with Gasteiger partial charge >= 0.3 is 0 Å². The standard InChI is InChI=1S/C15H17FN4O2S/c1-10(14(21)20-6-8-22-9-7-20)23-15-17-13(18-19-15)11-4-2-3-5-12(11)16/h2-5,10H,6-9H2,1H3,(H,17,18,19). The van der Waals surface area contributed by atoms with E-state index in [1.54, 1.807) is 23.1 Å². The van der Waals surface area contributed by atoms with Gasteiger partial charge in [-0.25, -0.2) is 9.37 Å². The number of morpholine rings is 1. The minimum atomic E-state index is -0.363. The van der Waals surface area contributed by atoms with Gasteiger partial charge < -0.3 is 9.64 Å². The Bertz CT molecular complexity index is 688. The Morgan fingerprint density at radius 1 is 1.39 bits per heavy atom. The van der Waals surface area contributed by atoms with Crippen molar-refractivity contribution < 1.29 is 13.9 Å². The van der Waals surface area contributed by atoms with Gasteiger partial charge in [0, 0.05) is 13.1 Å². The molecule has 2 heterocycles. The number of aromatic nitrogens is 3. The van der Waals surface area contributed by atoms with Crippen molar-refractivity contribution >= 4 is 17.7 Å². The molecular formula is C15H17FN4O2S. The molecule has 1 amide bonds. The summed E-state index contributed by atoms with van der Waals surface area (Å²) in [6.07, 6.45) is 0. The van der Waals surface area contributed by atoms with Gasteiger partial charge in [-0.05, 0) is 19.1 Å². The van der Waals surface area contributed by atoms with Gasteiger partial charge in [0.25, 0.3) is 0 Å². The number of nitrogens with zero attached hydrogens (tertiary/aromatic N) is 3. The SMILES string of the molecule is CC(Sc1n[nH]c(-c2ccccc2F)n1)C(=O)N1CCOCC1. The van der Waals surface area contributed by atoms with Crippen LogP contribution < -0.4 is 0 Å². The molecule has 23 heavy (non-hydrogen) atoms. The predicted octanol–water partition coefficient (Wildman–Crippen LogP) is 1.95. The monoisotopic (exact) mass is 336 g/mol. The van der Waals surface area contributed by atoms with E-state index in [1.807, 2.05) is 6.92 Å². The highest BCUT2D eigenvalue weighted by molar-refractivity contribution is 8.00. The molecule has 1 aromatic carbocycles. The lowest BCUT2D eigenvalue weighted by molar-refractivity contribution is -0.134. The third-order valence-corrected chi connectivity index (χ3v) is 4.50. The molecule has 122 valence electrons. The van der Waals surface area contributed by atoms with Gasteiger partial charge in [0.1, 0.15) is 5.82 Å². The van der Waals surface area contributed by atoms with Gasteiger partial charge in [-0.15, -0.1) is 5.10 Å². The fourth-order valence-corrected chi connectivity index (χ4v) is 3.13. The Balaban J connectivity index is 1.66. The first-order chi connectivity index (χ1) is 11.1. The third kappa shape index (κ3) is 3.70. The molecule has 0 aliphatic carbocycles. The number of thioether (sulfide) groups is 1. The average molecular weight is 336 g/mol. The number of aromatic amines is 1. The van der Waals surface area contributed by atoms with Crippen LogP contribution >= 0.6 is 11.8 Å². The van der Waals surface area contributed by atoms with E-state index in [4.69, 9.17) is 4.74 Å². The first-order valence-corrected chi connectivity index (χ1v) is 8.23. The van der Waals surface area contributed by atoms with Crippen LogP contribution in [0.3, 0.4) is 0 Å². The molecule has 1 aliphatic rings. The molecule has 1 saturated heterocycles. The van der Waals surface area contributed by atoms with E-state index in [9.17, 15) is 9.18 Å². The second-order valence-electron chi connectivity index (χ2n) is 5.14. The van der Waals surface area contributed by atoms with Crippen LogP contribution in [0, 0.1) is 5.82 Å². The number of benzene rings is 1. The fourth-order valence-electron chi connectivity index (χ4n) is 2.32. The van der Waals surface area contributed by atoms with Crippen molar-refractivity contribution in [3.8, 4) is 11.4 Å². The van der Waals surface area contributed by atoms with E-state index in [2.05, 4.69) is 15.2 Å². The lowest BCUT2D eigenvalue weighted by Crippen LogP contribution is -2.44. The summed E-state index contributed by atoms with van der Waals surface area (Å²) in [5.74, 6) is 0.0322. The maximum Gasteiger partial charge on any atom is 0.236 e. The first-order valence-electron chi connectivity index (χ1n) is 7.35. The molecule has 0 saturated carbocycles. The van der Waals surface area contributed by atoms with Crippen LogP contribution in [0.2, 0.25) is 0 Å². The normalized spacial score (nSPS) is 16.3. The van der Waals surface area contributed by atoms with Gasteiger partial charge in [-0.3, -0.25) is 9.89 Å². The summed E-state index contributed by atoms with van der Waals surface area (Å²) in [7, 11) is 0. The summed E-state index contributed by atoms with van der Waals surface area (Å²) in [5.41, 5.74) is 0.360. The lowest BCUT2D eigenvalue weighted by Gasteiger charge is -2.28. The highest BCUT2D eigenvalue weighted by Gasteiger charge is 2.24. The number of carbonyl (C=O) groups excluding carboxylic acids is 1. The van der Waals surface area contributed by atoms with E-state index < -0.39 is 0 Å². The molecule has 0 spiro atoms. The second-order valence-corrected chi connectivity index (χ2v) is 6.45. The van der Waals surface area contributed by atoms with E-state index in [0.29, 0.717) is 42.8 Å². The highest BCUT2D eigenvalue weighted by Crippen LogP contribution is 2.25. The topological polar surface area (TPSA) is 71.1 Å². The molecule has 1 fully saturated rings. The summed E-state index contributed by atoms with van der Waals surface area (Å²) in [5, 5.41) is 6.91. The Morgan fingerprint density at radius 3 is 2.87 bits per heavy atom. The van der Waals surface area contributed by atoms with Crippen molar-refractivity contribution in [3.05, 3.63) is 30.1 Å². The van der Waals surface area contributed by atoms with Crippen LogP contribution in [0.5, 0.6) is 0 Å². The first kappa shape index (κ1) is 15.9. The summed E-state index contributed by atoms with van der Waals surface area (Å²) in [4.78, 5) is 18.4. The molecule has 6 nitrogen and oxygen atoms in total. The van der Waals surface area contributed by atoms with Gasteiger partial charge in [-0.1, -0.05) is 23.9 Å². The maximum atomic E-state index is 13.8. The van der Waals surface area contributed by atoms with Gasteiger partial charge in [0.15, 0.2) is 5.82 Å². The molecule has 2 aromatic rings. The van der Waals surface area contributed by atoms with E-state index in [-0.39, 0.29) is 17.0 Å². The Kier molecular flexibility index (Phi) is 4.92. The minimum absolute atomic E-state index is 0.0375. The van der Waals surface area contributed by atoms with Crippen molar-refractivity contribution in [1.82, 2.24) is 20.1 Å². The zero-order valence-electron chi connectivity index (χ0n) is 12.7. The molecule has 1 aromatic heterocycles. The molecular weight excluding hydrogens is 319 g/mol. The highest BCUT2D eigenvalue weighted by atomic mass is 32.2. The van der Waals surface area contributed by atoms with Crippen LogP contribution in [-0.4, -0.2) is 57.5 Å². The maximum absolute atomic E-state index is 13.8. The lowest BCUT2D eigenvalue weighted by atomic mass is 10.2. The Morgan fingerprint density at radius 2 is 2.13 bits per heavy atom. The van der Waals surface area contributed by atoms with E-state index in [0.717, 1.165) is 0 Å². The average Bonchev–Trinajstić information content (AvgIpc) is 3.03. The van der Waals surface area contributed by atoms with E-state index >= 15 is 0 Å². The van der Waals surface area contributed by atoms with Crippen molar-refractivity contribution in [2.45, 2.75) is 17.3 Å². The number of amides is 1. The van der Waals surface area contributed by atoms with Gasteiger partial charge in [-0.2, -0.15) is 0 Å². The summed E-state index contributed by atoms with van der Waals surface area (Å²) in [6, 6.07) is 6.36. The summed E-state index contributed by atoms with van der Waals surface area (Å²) < 4.78 is 19.0. The van der Waals surface area contributed by atoms with Crippen molar-refractivity contribution in [3.63, 3.8) is 0 Å². The Labute approximate surface area is 137 Å². The molecule has 1 aliphatic heterocycles. The zero-order chi connectivity index (χ0) is 16.2. The van der Waals surface area contributed by atoms with Gasteiger partial charge in [0.2, 0.25) is 11.1 Å². The molecule has 1 atom stereocenters. The third-order valence-electron chi connectivity index (χ3n) is 3.55. The molecule has 0 bridgehead atoms. The number of H-pyrrole nitrogens is 1. The largest absolute Gasteiger partial charge is 0.378 e. The minimum Gasteiger partial charge on any atom is -0.378 e. The number of ether oxygens (including phenoxy) is 1. The van der Waals surface area contributed by atoms with Crippen LogP contribution in [0.4, 0.5) is 4.39 Å². The van der Waals surface area contributed by atoms with Crippen molar-refractivity contribution in [1.29, 1.82) is 0 Å². The number of carbonyl (C=O) groups is 1. The Hall–Kier alpha value is -1.93. The number of nitrogens with one attached hydrogen (secondary N) is 1. The number of halogens is 1. The molecule has 8 heteroatoms. The van der Waals surface area contributed by atoms with Crippen molar-refractivity contribution in [2.75, 3.05) is 26.3 Å². The van der Waals surface area contributed by atoms with Crippen LogP contribution in [0.1, 0.15) is 6.92 Å². The van der Waals surface area contributed by atoms with Crippen LogP contribution in [0.15, 0.2) is 29.4 Å². The number of hydrogen-bond acceptors (Lipinski definition) is 5. The fraction of sp³-hybridized carbons (Fsp3) is 0.400.